The molecular weight excluding hydrogens is 498 g/mol. The fraction of sp³-hybridized carbons (Fsp3) is 0.179. The van der Waals surface area contributed by atoms with Gasteiger partial charge < -0.3 is 14.6 Å². The van der Waals surface area contributed by atoms with Gasteiger partial charge in [0.1, 0.15) is 23.7 Å². The van der Waals surface area contributed by atoms with Crippen LogP contribution in [-0.2, 0) is 0 Å². The number of ether oxygens (including phenoxy) is 1. The highest BCUT2D eigenvalue weighted by Gasteiger charge is 2.17. The SMILES string of the molecule is CC(=O)c1ccc(-c2ccnc3[nH]c(-c4n[nH]c5ncc(-c6cncc(OCCN(C)C)c6)cc45)cc23)s1. The fourth-order valence-corrected chi connectivity index (χ4v) is 5.25. The number of Topliss-reactive ketones (excluding diaryl/α,β-unsaturated/α-hetero) is 1. The number of fused-ring (bicyclic) bond motifs is 2. The number of thiophene rings is 1. The van der Waals surface area contributed by atoms with Crippen LogP contribution in [0.5, 0.6) is 5.75 Å². The molecule has 9 nitrogen and oxygen atoms in total. The maximum atomic E-state index is 11.8. The highest BCUT2D eigenvalue weighted by atomic mass is 32.1. The molecule has 0 amide bonds. The van der Waals surface area contributed by atoms with Crippen LogP contribution in [0, 0.1) is 0 Å². The number of rotatable bonds is 8. The summed E-state index contributed by atoms with van der Waals surface area (Å²) in [6, 6.07) is 11.9. The zero-order valence-corrected chi connectivity index (χ0v) is 22.0. The van der Waals surface area contributed by atoms with Crippen LogP contribution in [0.2, 0.25) is 0 Å². The minimum atomic E-state index is 0.0634. The summed E-state index contributed by atoms with van der Waals surface area (Å²) in [5, 5.41) is 9.45. The Hall–Kier alpha value is -4.41. The van der Waals surface area contributed by atoms with Gasteiger partial charge in [0.05, 0.1) is 16.8 Å². The fourth-order valence-electron chi connectivity index (χ4n) is 4.31. The van der Waals surface area contributed by atoms with E-state index in [-0.39, 0.29) is 5.78 Å². The molecule has 6 heterocycles. The summed E-state index contributed by atoms with van der Waals surface area (Å²) in [6.07, 6.45) is 7.10. The molecule has 0 spiro atoms. The van der Waals surface area contributed by atoms with Crippen LogP contribution < -0.4 is 4.74 Å². The summed E-state index contributed by atoms with van der Waals surface area (Å²) in [4.78, 5) is 32.6. The van der Waals surface area contributed by atoms with Gasteiger partial charge in [-0.3, -0.25) is 14.9 Å². The second kappa shape index (κ2) is 9.81. The molecule has 0 aliphatic heterocycles. The Morgan fingerprint density at radius 3 is 2.68 bits per heavy atom. The summed E-state index contributed by atoms with van der Waals surface area (Å²) < 4.78 is 5.87. The highest BCUT2D eigenvalue weighted by Crippen LogP contribution is 2.36. The van der Waals surface area contributed by atoms with Gasteiger partial charge in [0.25, 0.3) is 0 Å². The lowest BCUT2D eigenvalue weighted by Gasteiger charge is -2.11. The first-order valence-electron chi connectivity index (χ1n) is 12.1. The predicted octanol–water partition coefficient (Wildman–Crippen LogP) is 5.43. The first kappa shape index (κ1) is 24.0. The molecule has 0 bridgehead atoms. The van der Waals surface area contributed by atoms with Crippen molar-refractivity contribution in [3.63, 3.8) is 0 Å². The van der Waals surface area contributed by atoms with Crippen molar-refractivity contribution >= 4 is 39.2 Å². The molecule has 0 unspecified atom stereocenters. The van der Waals surface area contributed by atoms with Crippen molar-refractivity contribution in [3.8, 4) is 38.7 Å². The maximum absolute atomic E-state index is 11.8. The van der Waals surface area contributed by atoms with Crippen molar-refractivity contribution in [2.45, 2.75) is 6.92 Å². The minimum Gasteiger partial charge on any atom is -0.491 e. The number of carbonyl (C=O) groups is 1. The van der Waals surface area contributed by atoms with Gasteiger partial charge in [0.2, 0.25) is 0 Å². The molecule has 0 saturated heterocycles. The van der Waals surface area contributed by atoms with Crippen LogP contribution in [0.15, 0.2) is 61.2 Å². The highest BCUT2D eigenvalue weighted by molar-refractivity contribution is 7.17. The van der Waals surface area contributed by atoms with E-state index in [1.54, 1.807) is 31.7 Å². The van der Waals surface area contributed by atoms with E-state index in [0.29, 0.717) is 18.0 Å². The number of hydrogen-bond acceptors (Lipinski definition) is 8. The minimum absolute atomic E-state index is 0.0634. The Morgan fingerprint density at radius 1 is 1.00 bits per heavy atom. The molecular formula is C28H25N7O2S. The van der Waals surface area contributed by atoms with Gasteiger partial charge in [-0.2, -0.15) is 5.10 Å². The molecule has 0 fully saturated rings. The smallest absolute Gasteiger partial charge is 0.169 e. The number of likely N-dealkylation sites (N-methyl/N-ethyl adjacent to an activating group) is 1. The molecule has 0 atom stereocenters. The lowest BCUT2D eigenvalue weighted by atomic mass is 10.1. The monoisotopic (exact) mass is 523 g/mol. The van der Waals surface area contributed by atoms with Crippen LogP contribution in [0.4, 0.5) is 0 Å². The average Bonchev–Trinajstić information content (AvgIpc) is 3.66. The number of nitrogens with zero attached hydrogens (tertiary/aromatic N) is 5. The van der Waals surface area contributed by atoms with Crippen LogP contribution in [-0.4, -0.2) is 68.1 Å². The van der Waals surface area contributed by atoms with Crippen LogP contribution in [0.1, 0.15) is 16.6 Å². The lowest BCUT2D eigenvalue weighted by molar-refractivity contribution is 0.102. The Morgan fingerprint density at radius 2 is 1.87 bits per heavy atom. The standard InChI is InChI=1S/C28H25N7O2S/c1-16(36)24-4-5-25(38-24)20-6-7-30-27-21(20)12-23(32-27)26-22-11-18(14-31-28(22)34-33-26)17-10-19(15-29-13-17)37-9-8-35(2)3/h4-7,10-15H,8-9H2,1-3H3,(H,30,32)(H,31,33,34). The maximum Gasteiger partial charge on any atom is 0.169 e. The van der Waals surface area contributed by atoms with Gasteiger partial charge >= 0.3 is 0 Å². The third kappa shape index (κ3) is 4.55. The van der Waals surface area contributed by atoms with Crippen molar-refractivity contribution in [3.05, 3.63) is 66.1 Å². The topological polar surface area (TPSA) is 113 Å². The molecule has 6 aromatic rings. The number of aromatic nitrogens is 6. The van der Waals surface area contributed by atoms with Gasteiger partial charge in [0, 0.05) is 57.5 Å². The second-order valence-electron chi connectivity index (χ2n) is 9.28. The van der Waals surface area contributed by atoms with E-state index < -0.39 is 0 Å². The van der Waals surface area contributed by atoms with E-state index in [2.05, 4.69) is 41.1 Å². The lowest BCUT2D eigenvalue weighted by Crippen LogP contribution is -2.19. The number of pyridine rings is 3. The van der Waals surface area contributed by atoms with Crippen molar-refractivity contribution in [1.29, 1.82) is 0 Å². The van der Waals surface area contributed by atoms with E-state index in [9.17, 15) is 4.79 Å². The average molecular weight is 524 g/mol. The quantitative estimate of drug-likeness (QED) is 0.256. The number of nitrogens with one attached hydrogen (secondary N) is 2. The molecule has 0 aliphatic rings. The number of carbonyl (C=O) groups excluding carboxylic acids is 1. The summed E-state index contributed by atoms with van der Waals surface area (Å²) in [5.74, 6) is 0.779. The molecule has 0 aromatic carbocycles. The zero-order valence-electron chi connectivity index (χ0n) is 21.1. The van der Waals surface area contributed by atoms with Crippen LogP contribution in [0.3, 0.4) is 0 Å². The summed E-state index contributed by atoms with van der Waals surface area (Å²) in [5.41, 5.74) is 5.86. The zero-order chi connectivity index (χ0) is 26.2. The second-order valence-corrected chi connectivity index (χ2v) is 10.4. The molecule has 0 radical (unpaired) electrons. The molecule has 190 valence electrons. The van der Waals surface area contributed by atoms with Crippen molar-refractivity contribution in [2.75, 3.05) is 27.2 Å². The van der Waals surface area contributed by atoms with E-state index in [0.717, 1.165) is 60.8 Å². The van der Waals surface area contributed by atoms with Crippen molar-refractivity contribution < 1.29 is 9.53 Å². The molecule has 2 N–H and O–H groups in total. The number of H-pyrrole nitrogens is 2. The Bertz CT molecular complexity index is 1780. The molecule has 10 heteroatoms. The number of hydrogen-bond donors (Lipinski definition) is 2. The van der Waals surface area contributed by atoms with Gasteiger partial charge in [-0.05, 0) is 57.4 Å². The van der Waals surface area contributed by atoms with E-state index in [4.69, 9.17) is 4.74 Å². The van der Waals surface area contributed by atoms with Gasteiger partial charge in [-0.1, -0.05) is 0 Å². The third-order valence-electron chi connectivity index (χ3n) is 6.28. The first-order chi connectivity index (χ1) is 18.5. The number of aromatic amines is 2. The first-order valence-corrected chi connectivity index (χ1v) is 12.9. The Kier molecular flexibility index (Phi) is 6.18. The normalized spacial score (nSPS) is 11.6. The molecule has 38 heavy (non-hydrogen) atoms. The van der Waals surface area contributed by atoms with E-state index in [1.165, 1.54) is 11.3 Å². The largest absolute Gasteiger partial charge is 0.491 e. The summed E-state index contributed by atoms with van der Waals surface area (Å²) >= 11 is 1.48. The van der Waals surface area contributed by atoms with Gasteiger partial charge in [-0.25, -0.2) is 9.97 Å². The van der Waals surface area contributed by atoms with E-state index in [1.807, 2.05) is 44.4 Å². The molecule has 6 rings (SSSR count). The van der Waals surface area contributed by atoms with Crippen molar-refractivity contribution in [1.82, 2.24) is 35.0 Å². The molecule has 0 aliphatic carbocycles. The van der Waals surface area contributed by atoms with Gasteiger partial charge in [0.15, 0.2) is 11.4 Å². The van der Waals surface area contributed by atoms with Crippen LogP contribution in [0.25, 0.3) is 55.0 Å². The number of ketones is 1. The Labute approximate surface area is 222 Å². The molecule has 0 saturated carbocycles. The van der Waals surface area contributed by atoms with Gasteiger partial charge in [-0.15, -0.1) is 11.3 Å². The summed E-state index contributed by atoms with van der Waals surface area (Å²) in [6.45, 7) is 2.99. The van der Waals surface area contributed by atoms with E-state index >= 15 is 0 Å². The summed E-state index contributed by atoms with van der Waals surface area (Å²) in [7, 11) is 4.02. The predicted molar refractivity (Wildman–Crippen MR) is 150 cm³/mol. The van der Waals surface area contributed by atoms with Crippen molar-refractivity contribution in [2.24, 2.45) is 0 Å². The molecule has 6 aromatic heterocycles. The van der Waals surface area contributed by atoms with Crippen LogP contribution >= 0.6 is 11.3 Å². The Balaban J connectivity index is 1.37. The third-order valence-corrected chi connectivity index (χ3v) is 7.49.